The zero-order valence-corrected chi connectivity index (χ0v) is 10.2. The van der Waals surface area contributed by atoms with E-state index in [-0.39, 0.29) is 0 Å². The maximum absolute atomic E-state index is 12.4. The van der Waals surface area contributed by atoms with Crippen LogP contribution in [0.4, 0.5) is 17.6 Å². The van der Waals surface area contributed by atoms with Gasteiger partial charge in [0.1, 0.15) is 6.67 Å². The lowest BCUT2D eigenvalue weighted by Crippen LogP contribution is -2.45. The Hall–Kier alpha value is -0.840. The van der Waals surface area contributed by atoms with Gasteiger partial charge in [0.2, 0.25) is 5.60 Å². The van der Waals surface area contributed by atoms with E-state index in [4.69, 9.17) is 5.11 Å². The van der Waals surface area contributed by atoms with E-state index in [1.54, 1.807) is 0 Å². The van der Waals surface area contributed by atoms with Crippen LogP contribution < -0.4 is 0 Å². The van der Waals surface area contributed by atoms with Gasteiger partial charge in [-0.3, -0.25) is 0 Å². The highest BCUT2D eigenvalue weighted by Crippen LogP contribution is 2.33. The number of aliphatic hydroxyl groups is 1. The zero-order valence-electron chi connectivity index (χ0n) is 10.2. The van der Waals surface area contributed by atoms with Gasteiger partial charge in [0.25, 0.3) is 0 Å². The van der Waals surface area contributed by atoms with E-state index in [0.29, 0.717) is 24.5 Å². The molecule has 0 saturated carbocycles. The minimum atomic E-state index is -4.99. The van der Waals surface area contributed by atoms with Gasteiger partial charge in [-0.15, -0.1) is 0 Å². The number of hydrogen-bond acceptors (Lipinski definition) is 1. The number of rotatable bonds is 5. The third kappa shape index (κ3) is 5.35. The van der Waals surface area contributed by atoms with Crippen molar-refractivity contribution in [3.63, 3.8) is 0 Å². The van der Waals surface area contributed by atoms with Crippen molar-refractivity contribution in [3.05, 3.63) is 23.3 Å². The molecular weight excluding hydrogens is 236 g/mol. The first-order valence-electron chi connectivity index (χ1n) is 5.29. The van der Waals surface area contributed by atoms with E-state index in [1.807, 2.05) is 19.9 Å². The van der Waals surface area contributed by atoms with Gasteiger partial charge in [-0.1, -0.05) is 17.2 Å². The van der Waals surface area contributed by atoms with E-state index < -0.39 is 18.5 Å². The molecule has 1 N–H and O–H groups in total. The molecule has 0 fully saturated rings. The molecule has 0 aliphatic carbocycles. The summed E-state index contributed by atoms with van der Waals surface area (Å²) in [4.78, 5) is 0. The SMILES string of the molecule is CC(C)=CCC/C(C)=C/C(O)(CF)C(F)(F)F. The van der Waals surface area contributed by atoms with Crippen LogP contribution in [-0.4, -0.2) is 23.6 Å². The zero-order chi connectivity index (χ0) is 13.7. The molecule has 0 aromatic carbocycles. The van der Waals surface area contributed by atoms with Crippen LogP contribution in [0.25, 0.3) is 0 Å². The summed E-state index contributed by atoms with van der Waals surface area (Å²) >= 11 is 0. The molecular formula is C12H18F4O. The molecule has 0 bridgehead atoms. The topological polar surface area (TPSA) is 20.2 Å². The third-order valence-corrected chi connectivity index (χ3v) is 2.27. The number of halogens is 4. The van der Waals surface area contributed by atoms with Crippen molar-refractivity contribution < 1.29 is 22.7 Å². The van der Waals surface area contributed by atoms with Crippen molar-refractivity contribution in [2.45, 2.75) is 45.4 Å². The van der Waals surface area contributed by atoms with Crippen LogP contribution in [0.5, 0.6) is 0 Å². The van der Waals surface area contributed by atoms with E-state index in [9.17, 15) is 17.6 Å². The fourth-order valence-corrected chi connectivity index (χ4v) is 1.26. The Kier molecular flexibility index (Phi) is 5.88. The molecule has 1 unspecified atom stereocenters. The lowest BCUT2D eigenvalue weighted by Gasteiger charge is -2.25. The van der Waals surface area contributed by atoms with Crippen LogP contribution in [0.1, 0.15) is 33.6 Å². The highest BCUT2D eigenvalue weighted by molar-refractivity contribution is 5.13. The fourth-order valence-electron chi connectivity index (χ4n) is 1.26. The predicted molar refractivity (Wildman–Crippen MR) is 59.4 cm³/mol. The fraction of sp³-hybridized carbons (Fsp3) is 0.667. The summed E-state index contributed by atoms with van der Waals surface area (Å²) in [5.74, 6) is 0. The van der Waals surface area contributed by atoms with Gasteiger partial charge in [-0.2, -0.15) is 13.2 Å². The van der Waals surface area contributed by atoms with E-state index >= 15 is 0 Å². The minimum absolute atomic E-state index is 0.319. The van der Waals surface area contributed by atoms with Gasteiger partial charge >= 0.3 is 6.18 Å². The maximum atomic E-state index is 12.4. The van der Waals surface area contributed by atoms with Crippen molar-refractivity contribution in [2.24, 2.45) is 0 Å². The summed E-state index contributed by atoms with van der Waals surface area (Å²) in [6.07, 6.45) is -1.61. The van der Waals surface area contributed by atoms with E-state index in [0.717, 1.165) is 5.57 Å². The molecule has 1 atom stereocenters. The smallest absolute Gasteiger partial charge is 0.375 e. The van der Waals surface area contributed by atoms with Crippen molar-refractivity contribution in [1.82, 2.24) is 0 Å². The second kappa shape index (κ2) is 6.19. The third-order valence-electron chi connectivity index (χ3n) is 2.27. The van der Waals surface area contributed by atoms with Crippen molar-refractivity contribution in [2.75, 3.05) is 6.67 Å². The molecule has 0 rings (SSSR count). The molecule has 1 nitrogen and oxygen atoms in total. The molecule has 100 valence electrons. The number of allylic oxidation sites excluding steroid dienone is 3. The highest BCUT2D eigenvalue weighted by Gasteiger charge is 2.52. The number of hydrogen-bond donors (Lipinski definition) is 1. The summed E-state index contributed by atoms with van der Waals surface area (Å²) in [5, 5.41) is 9.14. The Morgan fingerprint density at radius 1 is 1.18 bits per heavy atom. The first kappa shape index (κ1) is 16.2. The molecule has 0 heterocycles. The standard InChI is InChI=1S/C12H18F4O/c1-9(2)5-4-6-10(3)7-11(17,8-13)12(14,15)16/h5,7,17H,4,6,8H2,1-3H3/b10-7+. The lowest BCUT2D eigenvalue weighted by atomic mass is 9.99. The Morgan fingerprint density at radius 3 is 2.06 bits per heavy atom. The number of alkyl halides is 4. The summed E-state index contributed by atoms with van der Waals surface area (Å²) in [7, 11) is 0. The van der Waals surface area contributed by atoms with Crippen molar-refractivity contribution in [1.29, 1.82) is 0 Å². The Morgan fingerprint density at radius 2 is 1.71 bits per heavy atom. The second-order valence-electron chi connectivity index (χ2n) is 4.37. The first-order chi connectivity index (χ1) is 7.62. The van der Waals surface area contributed by atoms with Crippen molar-refractivity contribution >= 4 is 0 Å². The summed E-state index contributed by atoms with van der Waals surface area (Å²) in [6, 6.07) is 0. The van der Waals surface area contributed by atoms with Gasteiger partial charge in [-0.25, -0.2) is 4.39 Å². The quantitative estimate of drug-likeness (QED) is 0.582. The monoisotopic (exact) mass is 254 g/mol. The van der Waals surface area contributed by atoms with Crippen LogP contribution in [0.3, 0.4) is 0 Å². The van der Waals surface area contributed by atoms with Crippen LogP contribution >= 0.6 is 0 Å². The molecule has 5 heteroatoms. The average molecular weight is 254 g/mol. The van der Waals surface area contributed by atoms with Crippen molar-refractivity contribution in [3.8, 4) is 0 Å². The summed E-state index contributed by atoms with van der Waals surface area (Å²) < 4.78 is 49.4. The molecule has 0 aromatic heterocycles. The molecule has 0 aliphatic heterocycles. The Balaban J connectivity index is 4.69. The summed E-state index contributed by atoms with van der Waals surface area (Å²) in [5.41, 5.74) is -1.98. The van der Waals surface area contributed by atoms with Crippen LogP contribution in [-0.2, 0) is 0 Å². The van der Waals surface area contributed by atoms with E-state index in [1.165, 1.54) is 6.92 Å². The molecule has 0 radical (unpaired) electrons. The molecule has 0 aliphatic rings. The van der Waals surface area contributed by atoms with Gasteiger partial charge in [0, 0.05) is 0 Å². The second-order valence-corrected chi connectivity index (χ2v) is 4.37. The van der Waals surface area contributed by atoms with Crippen LogP contribution in [0, 0.1) is 0 Å². The molecule has 0 amide bonds. The van der Waals surface area contributed by atoms with Gasteiger partial charge in [0.05, 0.1) is 0 Å². The lowest BCUT2D eigenvalue weighted by molar-refractivity contribution is -0.244. The van der Waals surface area contributed by atoms with E-state index in [2.05, 4.69) is 0 Å². The van der Waals surface area contributed by atoms with Gasteiger partial charge in [-0.05, 0) is 39.7 Å². The largest absolute Gasteiger partial charge is 0.423 e. The highest BCUT2D eigenvalue weighted by atomic mass is 19.4. The van der Waals surface area contributed by atoms with Crippen LogP contribution in [0.15, 0.2) is 23.3 Å². The maximum Gasteiger partial charge on any atom is 0.423 e. The molecule has 17 heavy (non-hydrogen) atoms. The van der Waals surface area contributed by atoms with Gasteiger partial charge in [0.15, 0.2) is 0 Å². The molecule has 0 aromatic rings. The Labute approximate surface area is 98.8 Å². The molecule has 0 saturated heterocycles. The summed E-state index contributed by atoms with van der Waals surface area (Å²) in [6.45, 7) is 3.35. The Bertz CT molecular complexity index is 300. The first-order valence-corrected chi connectivity index (χ1v) is 5.29. The van der Waals surface area contributed by atoms with Crippen LogP contribution in [0.2, 0.25) is 0 Å². The normalized spacial score (nSPS) is 16.6. The van der Waals surface area contributed by atoms with Gasteiger partial charge < -0.3 is 5.11 Å². The average Bonchev–Trinajstić information content (AvgIpc) is 2.15. The molecule has 0 spiro atoms. The predicted octanol–water partition coefficient (Wildman–Crippen LogP) is 3.94. The minimum Gasteiger partial charge on any atom is -0.375 e.